The maximum atomic E-state index is 12.5. The number of carbonyl (C=O) groups is 1. The van der Waals surface area contributed by atoms with Gasteiger partial charge in [-0.25, -0.2) is 4.79 Å². The molecule has 0 spiro atoms. The maximum absolute atomic E-state index is 12.5. The summed E-state index contributed by atoms with van der Waals surface area (Å²) in [7, 11) is 4.38. The number of carbonyl (C=O) groups excluding carboxylic acids is 1. The van der Waals surface area contributed by atoms with E-state index >= 15 is 0 Å². The molecule has 0 fully saturated rings. The largest absolute Gasteiger partial charge is 0.507 e. The van der Waals surface area contributed by atoms with Gasteiger partial charge in [-0.1, -0.05) is 11.6 Å². The molecule has 0 aromatic heterocycles. The van der Waals surface area contributed by atoms with Crippen LogP contribution in [0.25, 0.3) is 0 Å². The van der Waals surface area contributed by atoms with Gasteiger partial charge in [-0.05, 0) is 13.0 Å². The van der Waals surface area contributed by atoms with Crippen LogP contribution >= 0.6 is 11.6 Å². The minimum atomic E-state index is -0.838. The van der Waals surface area contributed by atoms with Crippen LogP contribution in [0.2, 0.25) is 5.02 Å². The summed E-state index contributed by atoms with van der Waals surface area (Å²) in [4.78, 5) is 12.5. The minimum absolute atomic E-state index is 0.0427. The number of methoxy groups -OCH3 is 3. The zero-order valence-corrected chi connectivity index (χ0v) is 18.9. The number of ether oxygens (including phenoxy) is 6. The molecular weight excluding hydrogens is 446 g/mol. The molecule has 0 aliphatic carbocycles. The maximum Gasteiger partial charge on any atom is 0.342 e. The molecule has 32 heavy (non-hydrogen) atoms. The van der Waals surface area contributed by atoms with Gasteiger partial charge in [0.2, 0.25) is 0 Å². The molecule has 10 nitrogen and oxygen atoms in total. The topological polar surface area (TPSA) is 139 Å². The number of esters is 1. The minimum Gasteiger partial charge on any atom is -0.507 e. The Balaban J connectivity index is 2.35. The van der Waals surface area contributed by atoms with Crippen molar-refractivity contribution in [2.24, 2.45) is 0 Å². The first-order valence-corrected chi connectivity index (χ1v) is 9.76. The smallest absolute Gasteiger partial charge is 0.342 e. The van der Waals surface area contributed by atoms with Crippen LogP contribution < -0.4 is 19.9 Å². The van der Waals surface area contributed by atoms with Crippen molar-refractivity contribution < 1.29 is 43.4 Å². The van der Waals surface area contributed by atoms with Crippen LogP contribution in [0.4, 0.5) is 5.69 Å². The van der Waals surface area contributed by atoms with Crippen LogP contribution in [0.15, 0.2) is 18.2 Å². The van der Waals surface area contributed by atoms with Crippen molar-refractivity contribution in [3.63, 3.8) is 0 Å². The van der Waals surface area contributed by atoms with E-state index in [1.54, 1.807) is 6.92 Å². The Morgan fingerprint density at radius 1 is 1.03 bits per heavy atom. The molecule has 1 unspecified atom stereocenters. The zero-order chi connectivity index (χ0) is 23.8. The van der Waals surface area contributed by atoms with E-state index in [4.69, 9.17) is 45.8 Å². The SMILES string of the molecule is COCOc1cc(N)c(OCOC)c(CC(C)OC(=O)c2cc(Cl)c(O)cc2O)c1OC. The Hall–Kier alpha value is -3.08. The summed E-state index contributed by atoms with van der Waals surface area (Å²) in [6.45, 7) is 1.51. The molecule has 0 saturated carbocycles. The first-order chi connectivity index (χ1) is 15.2. The highest BCUT2D eigenvalue weighted by molar-refractivity contribution is 6.32. The average Bonchev–Trinajstić information content (AvgIpc) is 2.74. The molecule has 0 saturated heterocycles. The molecule has 2 aromatic carbocycles. The molecule has 11 heteroatoms. The first-order valence-electron chi connectivity index (χ1n) is 9.38. The fourth-order valence-corrected chi connectivity index (χ4v) is 3.08. The number of hydrogen-bond acceptors (Lipinski definition) is 10. The van der Waals surface area contributed by atoms with Crippen LogP contribution in [0.1, 0.15) is 22.8 Å². The lowest BCUT2D eigenvalue weighted by molar-refractivity contribution is 0.0323. The first kappa shape index (κ1) is 25.2. The van der Waals surface area contributed by atoms with Gasteiger partial charge in [0.05, 0.1) is 17.8 Å². The van der Waals surface area contributed by atoms with Crippen LogP contribution in [-0.4, -0.2) is 57.2 Å². The van der Waals surface area contributed by atoms with Crippen molar-refractivity contribution in [1.82, 2.24) is 0 Å². The highest BCUT2D eigenvalue weighted by atomic mass is 35.5. The Morgan fingerprint density at radius 2 is 1.69 bits per heavy atom. The van der Waals surface area contributed by atoms with E-state index in [9.17, 15) is 15.0 Å². The summed E-state index contributed by atoms with van der Waals surface area (Å²) < 4.78 is 32.0. The fraction of sp³-hybridized carbons (Fsp3) is 0.381. The number of nitrogen functional groups attached to an aromatic ring is 1. The Bertz CT molecular complexity index is 952. The lowest BCUT2D eigenvalue weighted by atomic mass is 10.0. The summed E-state index contributed by atoms with van der Waals surface area (Å²) in [5.41, 5.74) is 6.68. The highest BCUT2D eigenvalue weighted by Crippen LogP contribution is 2.43. The lowest BCUT2D eigenvalue weighted by Gasteiger charge is -2.22. The van der Waals surface area contributed by atoms with E-state index in [0.717, 1.165) is 12.1 Å². The number of halogens is 1. The summed E-state index contributed by atoms with van der Waals surface area (Å²) in [5.74, 6) is -0.748. The number of phenolic OH excluding ortho intramolecular Hbond substituents is 2. The molecule has 0 amide bonds. The molecule has 0 radical (unpaired) electrons. The zero-order valence-electron chi connectivity index (χ0n) is 18.1. The second kappa shape index (κ2) is 11.5. The molecule has 0 aliphatic rings. The van der Waals surface area contributed by atoms with Crippen LogP contribution in [-0.2, 0) is 20.6 Å². The van der Waals surface area contributed by atoms with Gasteiger partial charge in [-0.15, -0.1) is 0 Å². The van der Waals surface area contributed by atoms with Gasteiger partial charge in [0.25, 0.3) is 0 Å². The van der Waals surface area contributed by atoms with Gasteiger partial charge in [0.15, 0.2) is 30.8 Å². The molecule has 0 aliphatic heterocycles. The third-order valence-electron chi connectivity index (χ3n) is 4.26. The van der Waals surface area contributed by atoms with E-state index in [1.165, 1.54) is 27.4 Å². The van der Waals surface area contributed by atoms with Crippen molar-refractivity contribution in [3.8, 4) is 28.7 Å². The van der Waals surface area contributed by atoms with E-state index in [1.807, 2.05) is 0 Å². The number of phenols is 2. The quantitative estimate of drug-likeness (QED) is 0.254. The molecule has 0 bridgehead atoms. The fourth-order valence-electron chi connectivity index (χ4n) is 2.92. The van der Waals surface area contributed by atoms with Gasteiger partial charge in [-0.3, -0.25) is 0 Å². The molecule has 2 aromatic rings. The number of hydrogen-bond donors (Lipinski definition) is 3. The van der Waals surface area contributed by atoms with Crippen molar-refractivity contribution in [1.29, 1.82) is 0 Å². The summed E-state index contributed by atoms with van der Waals surface area (Å²) in [5, 5.41) is 19.4. The van der Waals surface area contributed by atoms with Crippen molar-refractivity contribution in [2.45, 2.75) is 19.4 Å². The van der Waals surface area contributed by atoms with E-state index in [-0.39, 0.29) is 47.8 Å². The Morgan fingerprint density at radius 3 is 2.31 bits per heavy atom. The third-order valence-corrected chi connectivity index (χ3v) is 4.57. The monoisotopic (exact) mass is 471 g/mol. The molecule has 176 valence electrons. The molecule has 4 N–H and O–H groups in total. The molecule has 0 heterocycles. The second-order valence-corrected chi connectivity index (χ2v) is 7.05. The Kier molecular flexibility index (Phi) is 9.06. The van der Waals surface area contributed by atoms with Gasteiger partial charge in [0, 0.05) is 38.3 Å². The van der Waals surface area contributed by atoms with Crippen LogP contribution in [0.5, 0.6) is 28.7 Å². The van der Waals surface area contributed by atoms with E-state index < -0.39 is 17.8 Å². The summed E-state index contributed by atoms with van der Waals surface area (Å²) in [6, 6.07) is 3.60. The summed E-state index contributed by atoms with van der Waals surface area (Å²) >= 11 is 5.83. The number of aromatic hydroxyl groups is 2. The van der Waals surface area contributed by atoms with E-state index in [0.29, 0.717) is 17.1 Å². The van der Waals surface area contributed by atoms with Gasteiger partial charge >= 0.3 is 5.97 Å². The second-order valence-electron chi connectivity index (χ2n) is 6.65. The lowest BCUT2D eigenvalue weighted by Crippen LogP contribution is -2.19. The molecule has 1 atom stereocenters. The van der Waals surface area contributed by atoms with Gasteiger partial charge in [0.1, 0.15) is 23.2 Å². The Labute approximate surface area is 190 Å². The predicted molar refractivity (Wildman–Crippen MR) is 116 cm³/mol. The molecular formula is C21H26ClNO9. The summed E-state index contributed by atoms with van der Waals surface area (Å²) in [6.07, 6.45) is -0.597. The number of benzene rings is 2. The third kappa shape index (κ3) is 6.00. The molecule has 2 rings (SSSR count). The normalized spacial score (nSPS) is 11.7. The van der Waals surface area contributed by atoms with Gasteiger partial charge in [-0.2, -0.15) is 0 Å². The highest BCUT2D eigenvalue weighted by Gasteiger charge is 2.25. The van der Waals surface area contributed by atoms with Crippen molar-refractivity contribution in [2.75, 3.05) is 40.6 Å². The number of anilines is 1. The predicted octanol–water partition coefficient (Wildman–Crippen LogP) is 3.10. The van der Waals surface area contributed by atoms with E-state index in [2.05, 4.69) is 0 Å². The van der Waals surface area contributed by atoms with Crippen LogP contribution in [0, 0.1) is 0 Å². The number of nitrogens with two attached hydrogens (primary N) is 1. The number of rotatable bonds is 11. The van der Waals surface area contributed by atoms with Crippen molar-refractivity contribution >= 4 is 23.3 Å². The van der Waals surface area contributed by atoms with Crippen molar-refractivity contribution in [3.05, 3.63) is 34.3 Å². The standard InChI is InChI=1S/C21H26ClNO9/c1-11(32-21(26)12-6-14(22)17(25)8-16(12)24)5-13-19(31-10-28-3)15(23)7-18(20(13)29-4)30-9-27-2/h6-8,11,24-25H,5,9-10,23H2,1-4H3. The van der Waals surface area contributed by atoms with Gasteiger partial charge < -0.3 is 44.4 Å². The average molecular weight is 472 g/mol. The van der Waals surface area contributed by atoms with Crippen LogP contribution in [0.3, 0.4) is 0 Å².